The van der Waals surface area contributed by atoms with Crippen LogP contribution < -0.4 is 19.7 Å². The quantitative estimate of drug-likeness (QED) is 0.921. The van der Waals surface area contributed by atoms with Crippen LogP contribution >= 0.6 is 11.3 Å². The van der Waals surface area contributed by atoms with Crippen LogP contribution in [0.1, 0.15) is 17.8 Å². The maximum Gasteiger partial charge on any atom is 0.327 e. The predicted molar refractivity (Wildman–Crippen MR) is 91.2 cm³/mol. The van der Waals surface area contributed by atoms with Crippen LogP contribution in [0.4, 0.5) is 15.6 Å². The van der Waals surface area contributed by atoms with Gasteiger partial charge in [-0.1, -0.05) is 11.3 Å². The van der Waals surface area contributed by atoms with E-state index in [-0.39, 0.29) is 6.03 Å². The number of anilines is 2. The van der Waals surface area contributed by atoms with Gasteiger partial charge in [-0.2, -0.15) is 0 Å². The molecule has 1 N–H and O–H groups in total. The Morgan fingerprint density at radius 3 is 2.88 bits per heavy atom. The summed E-state index contributed by atoms with van der Waals surface area (Å²) < 4.78 is 11.0. The number of hydrogen-bond acceptors (Lipinski definition) is 6. The summed E-state index contributed by atoms with van der Waals surface area (Å²) in [4.78, 5) is 13.9. The molecule has 0 atom stereocenters. The van der Waals surface area contributed by atoms with Gasteiger partial charge in [0.05, 0.1) is 0 Å². The molecule has 2 amide bonds. The third-order valence-corrected chi connectivity index (χ3v) is 4.92. The number of nitrogens with zero attached hydrogens (tertiary/aromatic N) is 3. The number of hydrogen-bond donors (Lipinski definition) is 1. The van der Waals surface area contributed by atoms with Crippen molar-refractivity contribution in [3.05, 3.63) is 23.2 Å². The molecule has 2 aromatic rings. The Kier molecular flexibility index (Phi) is 3.97. The van der Waals surface area contributed by atoms with Gasteiger partial charge in [0, 0.05) is 25.2 Å². The van der Waals surface area contributed by atoms with Gasteiger partial charge in [-0.25, -0.2) is 4.79 Å². The molecule has 0 spiro atoms. The highest BCUT2D eigenvalue weighted by Gasteiger charge is 2.24. The Morgan fingerprint density at radius 2 is 2.08 bits per heavy atom. The van der Waals surface area contributed by atoms with Gasteiger partial charge in [0.15, 0.2) is 11.5 Å². The molecule has 1 aliphatic heterocycles. The fourth-order valence-electron chi connectivity index (χ4n) is 2.49. The summed E-state index contributed by atoms with van der Waals surface area (Å²) >= 11 is 1.44. The van der Waals surface area contributed by atoms with E-state index in [0.29, 0.717) is 29.8 Å². The first-order valence-corrected chi connectivity index (χ1v) is 8.77. The molecule has 2 aliphatic rings. The molecule has 1 fully saturated rings. The number of rotatable bonds is 4. The van der Waals surface area contributed by atoms with E-state index in [9.17, 15) is 4.79 Å². The Bertz CT molecular complexity index is 760. The van der Waals surface area contributed by atoms with Crippen LogP contribution in [0.3, 0.4) is 0 Å². The summed E-state index contributed by atoms with van der Waals surface area (Å²) in [5.74, 6) is 2.11. The number of carbonyl (C=O) groups excluding carboxylic acids is 1. The molecule has 126 valence electrons. The average molecular weight is 346 g/mol. The fourth-order valence-corrected chi connectivity index (χ4v) is 3.33. The zero-order valence-corrected chi connectivity index (χ0v) is 14.1. The highest BCUT2D eigenvalue weighted by Crippen LogP contribution is 2.35. The lowest BCUT2D eigenvalue weighted by Crippen LogP contribution is -2.31. The standard InChI is InChI=1S/C16H18N4O3S/c1-20(11-4-5-12-13(9-11)23-7-6-22-12)16(21)17-15-19-18-14(24-15)8-10-2-3-10/h4-5,9-10H,2-3,6-8H2,1H3,(H,17,19,21). The second-order valence-corrected chi connectivity index (χ2v) is 7.03. The first-order chi connectivity index (χ1) is 11.7. The third-order valence-electron chi connectivity index (χ3n) is 4.06. The molecule has 2 heterocycles. The van der Waals surface area contributed by atoms with Crippen molar-refractivity contribution in [3.63, 3.8) is 0 Å². The van der Waals surface area contributed by atoms with Crippen molar-refractivity contribution in [1.29, 1.82) is 0 Å². The molecule has 4 rings (SSSR count). The molecule has 1 aromatic carbocycles. The van der Waals surface area contributed by atoms with Gasteiger partial charge in [0.1, 0.15) is 18.2 Å². The van der Waals surface area contributed by atoms with Gasteiger partial charge in [-0.05, 0) is 30.9 Å². The van der Waals surface area contributed by atoms with Crippen LogP contribution in [-0.2, 0) is 6.42 Å². The van der Waals surface area contributed by atoms with Crippen LogP contribution in [0.15, 0.2) is 18.2 Å². The molecular formula is C16H18N4O3S. The van der Waals surface area contributed by atoms with Crippen LogP contribution in [0.25, 0.3) is 0 Å². The van der Waals surface area contributed by atoms with Crippen molar-refractivity contribution in [3.8, 4) is 11.5 Å². The van der Waals surface area contributed by atoms with E-state index in [4.69, 9.17) is 9.47 Å². The first-order valence-electron chi connectivity index (χ1n) is 7.96. The van der Waals surface area contributed by atoms with E-state index in [0.717, 1.165) is 23.0 Å². The van der Waals surface area contributed by atoms with Crippen LogP contribution in [0, 0.1) is 5.92 Å². The monoisotopic (exact) mass is 346 g/mol. The molecule has 24 heavy (non-hydrogen) atoms. The van der Waals surface area contributed by atoms with Crippen molar-refractivity contribution in [2.24, 2.45) is 5.92 Å². The second-order valence-electron chi connectivity index (χ2n) is 5.97. The minimum Gasteiger partial charge on any atom is -0.486 e. The molecule has 1 saturated carbocycles. The van der Waals surface area contributed by atoms with Crippen molar-refractivity contribution >= 4 is 28.2 Å². The van der Waals surface area contributed by atoms with E-state index < -0.39 is 0 Å². The summed E-state index contributed by atoms with van der Waals surface area (Å²) in [6.07, 6.45) is 3.51. The minimum atomic E-state index is -0.263. The first kappa shape index (κ1) is 15.2. The largest absolute Gasteiger partial charge is 0.486 e. The summed E-state index contributed by atoms with van der Waals surface area (Å²) in [7, 11) is 1.70. The Morgan fingerprint density at radius 1 is 1.29 bits per heavy atom. The molecule has 1 aliphatic carbocycles. The normalized spacial score (nSPS) is 15.9. The topological polar surface area (TPSA) is 76.6 Å². The maximum atomic E-state index is 12.4. The number of urea groups is 1. The van der Waals surface area contributed by atoms with Crippen molar-refractivity contribution < 1.29 is 14.3 Å². The van der Waals surface area contributed by atoms with E-state index in [1.54, 1.807) is 13.1 Å². The molecular weight excluding hydrogens is 328 g/mol. The van der Waals surface area contributed by atoms with Crippen LogP contribution in [0.5, 0.6) is 11.5 Å². The molecule has 8 heteroatoms. The number of nitrogens with one attached hydrogen (secondary N) is 1. The predicted octanol–water partition coefficient (Wildman–Crippen LogP) is 2.93. The minimum absolute atomic E-state index is 0.263. The average Bonchev–Trinajstić information content (AvgIpc) is 3.31. The highest BCUT2D eigenvalue weighted by atomic mass is 32.1. The van der Waals surface area contributed by atoms with E-state index >= 15 is 0 Å². The van der Waals surface area contributed by atoms with Crippen molar-refractivity contribution in [2.45, 2.75) is 19.3 Å². The molecule has 0 radical (unpaired) electrons. The zero-order valence-electron chi connectivity index (χ0n) is 13.3. The lowest BCUT2D eigenvalue weighted by Gasteiger charge is -2.22. The lowest BCUT2D eigenvalue weighted by atomic mass is 10.2. The van der Waals surface area contributed by atoms with Gasteiger partial charge in [0.2, 0.25) is 5.13 Å². The van der Waals surface area contributed by atoms with E-state index in [1.165, 1.54) is 29.1 Å². The third kappa shape index (κ3) is 3.28. The summed E-state index contributed by atoms with van der Waals surface area (Å²) in [5.41, 5.74) is 0.722. The summed E-state index contributed by atoms with van der Waals surface area (Å²) in [6, 6.07) is 5.17. The van der Waals surface area contributed by atoms with Gasteiger partial charge in [-0.3, -0.25) is 10.2 Å². The van der Waals surface area contributed by atoms with Crippen LogP contribution in [-0.4, -0.2) is 36.5 Å². The molecule has 0 saturated heterocycles. The SMILES string of the molecule is CN(C(=O)Nc1nnc(CC2CC2)s1)c1ccc2c(c1)OCCO2. The smallest absolute Gasteiger partial charge is 0.327 e. The zero-order chi connectivity index (χ0) is 16.5. The van der Waals surface area contributed by atoms with Gasteiger partial charge in [-0.15, -0.1) is 10.2 Å². The number of amides is 2. The van der Waals surface area contributed by atoms with E-state index in [1.807, 2.05) is 12.1 Å². The Balaban J connectivity index is 1.42. The van der Waals surface area contributed by atoms with Crippen molar-refractivity contribution in [1.82, 2.24) is 10.2 Å². The lowest BCUT2D eigenvalue weighted by molar-refractivity contribution is 0.171. The summed E-state index contributed by atoms with van der Waals surface area (Å²) in [6.45, 7) is 1.06. The molecule has 7 nitrogen and oxygen atoms in total. The Labute approximate surface area is 143 Å². The number of aromatic nitrogens is 2. The maximum absolute atomic E-state index is 12.4. The number of ether oxygens (including phenoxy) is 2. The number of fused-ring (bicyclic) bond motifs is 1. The molecule has 1 aromatic heterocycles. The van der Waals surface area contributed by atoms with Crippen LogP contribution in [0.2, 0.25) is 0 Å². The van der Waals surface area contributed by atoms with Gasteiger partial charge < -0.3 is 9.47 Å². The second kappa shape index (κ2) is 6.27. The van der Waals surface area contributed by atoms with Gasteiger partial charge in [0.25, 0.3) is 0 Å². The molecule has 0 unspecified atom stereocenters. The molecule has 0 bridgehead atoms. The summed E-state index contributed by atoms with van der Waals surface area (Å²) in [5, 5.41) is 12.5. The van der Waals surface area contributed by atoms with E-state index in [2.05, 4.69) is 15.5 Å². The van der Waals surface area contributed by atoms with Crippen molar-refractivity contribution in [2.75, 3.05) is 30.5 Å². The Hall–Kier alpha value is -2.35. The van der Waals surface area contributed by atoms with Gasteiger partial charge >= 0.3 is 6.03 Å². The fraction of sp³-hybridized carbons (Fsp3) is 0.438. The number of carbonyl (C=O) groups is 1. The number of benzene rings is 1. The highest BCUT2D eigenvalue weighted by molar-refractivity contribution is 7.15.